The van der Waals surface area contributed by atoms with E-state index >= 15 is 0 Å². The van der Waals surface area contributed by atoms with E-state index < -0.39 is 5.97 Å². The monoisotopic (exact) mass is 227 g/mol. The second kappa shape index (κ2) is 5.28. The number of nitrogens with one attached hydrogen (secondary N) is 1. The number of rotatable bonds is 5. The van der Waals surface area contributed by atoms with Gasteiger partial charge in [-0.25, -0.2) is 0 Å². The van der Waals surface area contributed by atoms with Crippen LogP contribution in [-0.2, 0) is 4.79 Å². The van der Waals surface area contributed by atoms with Gasteiger partial charge in [-0.05, 0) is 37.4 Å². The van der Waals surface area contributed by atoms with Gasteiger partial charge in [0.25, 0.3) is 0 Å². The Morgan fingerprint density at radius 2 is 2.33 bits per heavy atom. The SMILES string of the molecule is CNC(CC(C)C(=O)O)c1sccc1C. The summed E-state index contributed by atoms with van der Waals surface area (Å²) in [6, 6.07) is 2.21. The Hall–Kier alpha value is -0.870. The molecule has 1 heterocycles. The Labute approximate surface area is 94.1 Å². The smallest absolute Gasteiger partial charge is 0.306 e. The summed E-state index contributed by atoms with van der Waals surface area (Å²) in [5.74, 6) is -1.05. The van der Waals surface area contributed by atoms with Crippen LogP contribution >= 0.6 is 11.3 Å². The van der Waals surface area contributed by atoms with E-state index in [1.165, 1.54) is 10.4 Å². The van der Waals surface area contributed by atoms with Gasteiger partial charge in [0, 0.05) is 10.9 Å². The lowest BCUT2D eigenvalue weighted by Crippen LogP contribution is -2.22. The molecule has 0 saturated carbocycles. The Morgan fingerprint density at radius 3 is 2.73 bits per heavy atom. The van der Waals surface area contributed by atoms with Gasteiger partial charge in [-0.1, -0.05) is 6.92 Å². The van der Waals surface area contributed by atoms with Crippen LogP contribution in [0.15, 0.2) is 11.4 Å². The Morgan fingerprint density at radius 1 is 1.67 bits per heavy atom. The molecule has 0 aliphatic heterocycles. The summed E-state index contributed by atoms with van der Waals surface area (Å²) in [6.07, 6.45) is 0.632. The van der Waals surface area contributed by atoms with Crippen LogP contribution < -0.4 is 5.32 Å². The van der Waals surface area contributed by atoms with Crippen LogP contribution in [-0.4, -0.2) is 18.1 Å². The van der Waals surface area contributed by atoms with Crippen LogP contribution in [0.4, 0.5) is 0 Å². The van der Waals surface area contributed by atoms with E-state index in [9.17, 15) is 4.79 Å². The van der Waals surface area contributed by atoms with Gasteiger partial charge in [0.15, 0.2) is 0 Å². The van der Waals surface area contributed by atoms with Crippen molar-refractivity contribution in [3.63, 3.8) is 0 Å². The van der Waals surface area contributed by atoms with Crippen molar-refractivity contribution in [1.29, 1.82) is 0 Å². The third-order valence-electron chi connectivity index (χ3n) is 2.58. The highest BCUT2D eigenvalue weighted by Gasteiger charge is 2.20. The number of hydrogen-bond donors (Lipinski definition) is 2. The van der Waals surface area contributed by atoms with Crippen molar-refractivity contribution >= 4 is 17.3 Å². The van der Waals surface area contributed by atoms with Gasteiger partial charge in [-0.3, -0.25) is 4.79 Å². The first-order chi connectivity index (χ1) is 7.06. The minimum Gasteiger partial charge on any atom is -0.481 e. The van der Waals surface area contributed by atoms with E-state index in [0.29, 0.717) is 6.42 Å². The molecular weight excluding hydrogens is 210 g/mol. The van der Waals surface area contributed by atoms with E-state index in [4.69, 9.17) is 5.11 Å². The second-order valence-corrected chi connectivity index (χ2v) is 4.73. The number of hydrogen-bond acceptors (Lipinski definition) is 3. The van der Waals surface area contributed by atoms with E-state index in [-0.39, 0.29) is 12.0 Å². The molecule has 1 aromatic heterocycles. The molecule has 0 bridgehead atoms. The first kappa shape index (κ1) is 12.2. The molecule has 0 aromatic carbocycles. The summed E-state index contributed by atoms with van der Waals surface area (Å²) < 4.78 is 0. The van der Waals surface area contributed by atoms with Gasteiger partial charge < -0.3 is 10.4 Å². The fourth-order valence-electron chi connectivity index (χ4n) is 1.55. The molecular formula is C11H17NO2S. The third-order valence-corrected chi connectivity index (χ3v) is 3.71. The summed E-state index contributed by atoms with van der Waals surface area (Å²) in [5.41, 5.74) is 1.23. The topological polar surface area (TPSA) is 49.3 Å². The van der Waals surface area contributed by atoms with Crippen molar-refractivity contribution in [1.82, 2.24) is 5.32 Å². The maximum absolute atomic E-state index is 10.8. The molecule has 84 valence electrons. The van der Waals surface area contributed by atoms with Crippen LogP contribution in [0.3, 0.4) is 0 Å². The molecule has 0 aliphatic rings. The van der Waals surface area contributed by atoms with Crippen molar-refractivity contribution in [2.45, 2.75) is 26.3 Å². The highest BCUT2D eigenvalue weighted by Crippen LogP contribution is 2.28. The average Bonchev–Trinajstić information content (AvgIpc) is 2.60. The highest BCUT2D eigenvalue weighted by molar-refractivity contribution is 7.10. The maximum atomic E-state index is 10.8. The minimum atomic E-state index is -0.732. The summed E-state index contributed by atoms with van der Waals surface area (Å²) >= 11 is 1.68. The van der Waals surface area contributed by atoms with E-state index in [2.05, 4.69) is 18.3 Å². The molecule has 1 rings (SSSR count). The second-order valence-electron chi connectivity index (χ2n) is 3.78. The molecule has 2 N–H and O–H groups in total. The summed E-state index contributed by atoms with van der Waals surface area (Å²) in [4.78, 5) is 12.0. The van der Waals surface area contributed by atoms with Crippen LogP contribution in [0.25, 0.3) is 0 Å². The van der Waals surface area contributed by atoms with Gasteiger partial charge in [0.2, 0.25) is 0 Å². The summed E-state index contributed by atoms with van der Waals surface area (Å²) in [5, 5.41) is 14.1. The third kappa shape index (κ3) is 3.04. The summed E-state index contributed by atoms with van der Waals surface area (Å²) in [6.45, 7) is 3.80. The van der Waals surface area contributed by atoms with Crippen LogP contribution in [0.2, 0.25) is 0 Å². The number of carboxylic acids is 1. The molecule has 0 saturated heterocycles. The lowest BCUT2D eigenvalue weighted by molar-refractivity contribution is -0.141. The highest BCUT2D eigenvalue weighted by atomic mass is 32.1. The van der Waals surface area contributed by atoms with Crippen molar-refractivity contribution in [3.05, 3.63) is 21.9 Å². The van der Waals surface area contributed by atoms with E-state index in [0.717, 1.165) is 0 Å². The first-order valence-electron chi connectivity index (χ1n) is 5.00. The zero-order chi connectivity index (χ0) is 11.4. The normalized spacial score (nSPS) is 14.9. The molecule has 2 atom stereocenters. The lowest BCUT2D eigenvalue weighted by Gasteiger charge is -2.18. The quantitative estimate of drug-likeness (QED) is 0.812. The van der Waals surface area contributed by atoms with Gasteiger partial charge in [0.1, 0.15) is 0 Å². The molecule has 4 heteroatoms. The molecule has 0 fully saturated rings. The number of carboxylic acid groups (broad SMARTS) is 1. The number of thiophene rings is 1. The Balaban J connectivity index is 2.73. The molecule has 0 amide bonds. The Bertz CT molecular complexity index is 335. The lowest BCUT2D eigenvalue weighted by atomic mass is 9.99. The molecule has 0 aliphatic carbocycles. The number of aryl methyl sites for hydroxylation is 1. The van der Waals surface area contributed by atoms with Crippen molar-refractivity contribution in [3.8, 4) is 0 Å². The van der Waals surface area contributed by atoms with Gasteiger partial charge in [0.05, 0.1) is 5.92 Å². The largest absolute Gasteiger partial charge is 0.481 e. The molecule has 15 heavy (non-hydrogen) atoms. The fraction of sp³-hybridized carbons (Fsp3) is 0.545. The molecule has 0 radical (unpaired) electrons. The maximum Gasteiger partial charge on any atom is 0.306 e. The number of aliphatic carboxylic acids is 1. The van der Waals surface area contributed by atoms with Gasteiger partial charge >= 0.3 is 5.97 Å². The van der Waals surface area contributed by atoms with Gasteiger partial charge in [-0.15, -0.1) is 11.3 Å². The fourth-order valence-corrected chi connectivity index (χ4v) is 2.60. The Kier molecular flexibility index (Phi) is 4.29. The predicted molar refractivity (Wildman–Crippen MR) is 62.3 cm³/mol. The van der Waals surface area contributed by atoms with E-state index in [1.54, 1.807) is 18.3 Å². The molecule has 0 spiro atoms. The van der Waals surface area contributed by atoms with Crippen LogP contribution in [0.5, 0.6) is 0 Å². The average molecular weight is 227 g/mol. The molecule has 2 unspecified atom stereocenters. The molecule has 1 aromatic rings. The standard InChI is InChI=1S/C11H17NO2S/c1-7-4-5-15-10(7)9(12-3)6-8(2)11(13)14/h4-5,8-9,12H,6H2,1-3H3,(H,13,14). The first-order valence-corrected chi connectivity index (χ1v) is 5.88. The van der Waals surface area contributed by atoms with E-state index in [1.807, 2.05) is 12.4 Å². The van der Waals surface area contributed by atoms with Crippen molar-refractivity contribution in [2.75, 3.05) is 7.05 Å². The van der Waals surface area contributed by atoms with Gasteiger partial charge in [-0.2, -0.15) is 0 Å². The molecule has 3 nitrogen and oxygen atoms in total. The van der Waals surface area contributed by atoms with Crippen LogP contribution in [0.1, 0.15) is 29.8 Å². The number of carbonyl (C=O) groups is 1. The predicted octanol–water partition coefficient (Wildman–Crippen LogP) is 2.43. The van der Waals surface area contributed by atoms with Crippen molar-refractivity contribution < 1.29 is 9.90 Å². The van der Waals surface area contributed by atoms with Crippen molar-refractivity contribution in [2.24, 2.45) is 5.92 Å². The zero-order valence-corrected chi connectivity index (χ0v) is 10.1. The minimum absolute atomic E-state index is 0.149. The summed E-state index contributed by atoms with van der Waals surface area (Å²) in [7, 11) is 1.87. The zero-order valence-electron chi connectivity index (χ0n) is 9.28. The van der Waals surface area contributed by atoms with Crippen LogP contribution in [0, 0.1) is 12.8 Å².